The highest BCUT2D eigenvalue weighted by atomic mass is 19.1. The molecule has 7 heterocycles. The molecule has 4 aromatic heterocycles. The largest absolute Gasteiger partial charge is 0.490 e. The van der Waals surface area contributed by atoms with E-state index in [9.17, 15) is 19.8 Å². The Morgan fingerprint density at radius 3 is 2.53 bits per heavy atom. The lowest BCUT2D eigenvalue weighted by atomic mass is 9.88. The smallest absolute Gasteiger partial charge is 0.319 e. The second-order valence-corrected chi connectivity index (χ2v) is 22.9. The number of allylic oxidation sites excluding steroid dienone is 3. The molecule has 2 bridgehead atoms. The predicted octanol–water partition coefficient (Wildman–Crippen LogP) is 7.47. The highest BCUT2D eigenvalue weighted by Gasteiger charge is 2.44. The van der Waals surface area contributed by atoms with Crippen molar-refractivity contribution in [2.75, 3.05) is 51.5 Å². The summed E-state index contributed by atoms with van der Waals surface area (Å²) in [6.45, 7) is 11.2. The molecule has 4 fully saturated rings. The summed E-state index contributed by atoms with van der Waals surface area (Å²) >= 11 is 0. The van der Waals surface area contributed by atoms with Crippen molar-refractivity contribution in [1.29, 1.82) is 0 Å². The molecule has 1 unspecified atom stereocenters. The fourth-order valence-corrected chi connectivity index (χ4v) is 12.3. The number of nitrogens with one attached hydrogen (secondary N) is 3. The van der Waals surface area contributed by atoms with Gasteiger partial charge in [-0.15, -0.1) is 5.10 Å². The van der Waals surface area contributed by atoms with E-state index in [2.05, 4.69) is 59.2 Å². The summed E-state index contributed by atoms with van der Waals surface area (Å²) in [6.07, 6.45) is 13.9. The second-order valence-electron chi connectivity index (χ2n) is 22.9. The minimum Gasteiger partial charge on any atom is -0.490 e. The SMILES string of the molecule is CO[C@@H](C)COc1nc(N2C[C@@H]3C[C@H]2CN3)c2cc(C3CC3)c(-c3c(C)c(F)cc4[nH]ncc34)c(OCC3C=CC(c4cn([C@H](C(=O)N5C[C@H](O)C[C@H]5C(=O)N[C@@H](CO)c5ccc(-c6cccnc6C)cc5)C(C)C)nn4)=CC3)c2n1. The van der Waals surface area contributed by atoms with Gasteiger partial charge in [0.15, 0.2) is 5.75 Å². The maximum absolute atomic E-state index is 16.1. The number of amides is 2. The number of hydrogen-bond donors (Lipinski definition) is 5. The number of nitrogens with zero attached hydrogens (tertiary/aromatic N) is 9. The molecule has 20 heteroatoms. The fraction of sp³-hybridized carbons (Fsp3) is 0.443. The Morgan fingerprint density at radius 1 is 1.00 bits per heavy atom. The topological polar surface area (TPSA) is 231 Å². The first-order chi connectivity index (χ1) is 39.2. The van der Waals surface area contributed by atoms with Crippen LogP contribution in [0.4, 0.5) is 10.2 Å². The van der Waals surface area contributed by atoms with Gasteiger partial charge in [-0.25, -0.2) is 9.07 Å². The summed E-state index contributed by atoms with van der Waals surface area (Å²) < 4.78 is 36.7. The van der Waals surface area contributed by atoms with Gasteiger partial charge in [-0.2, -0.15) is 15.1 Å². The molecule has 7 aromatic rings. The number of benzene rings is 3. The monoisotopic (exact) mass is 1100 g/mol. The van der Waals surface area contributed by atoms with E-state index in [-0.39, 0.29) is 80.4 Å². The number of aromatic amines is 1. The molecule has 12 rings (SSSR count). The number of carbonyl (C=O) groups excluding carboxylic acids is 2. The van der Waals surface area contributed by atoms with E-state index < -0.39 is 30.1 Å². The van der Waals surface area contributed by atoms with Gasteiger partial charge in [0.1, 0.15) is 41.5 Å². The van der Waals surface area contributed by atoms with Crippen molar-refractivity contribution in [2.45, 2.75) is 115 Å². The molecular formula is C61H69FN12O7. The van der Waals surface area contributed by atoms with Gasteiger partial charge < -0.3 is 44.9 Å². The van der Waals surface area contributed by atoms with Crippen molar-refractivity contribution in [1.82, 2.24) is 55.7 Å². The van der Waals surface area contributed by atoms with Gasteiger partial charge in [-0.3, -0.25) is 19.7 Å². The standard InChI is InChI=1S/C61H69FN12O7/c1-32(2)56(60(78)73-27-43(76)21-52(73)59(77)66-51(29-75)40-17-15-37(16-18-40)44-8-7-19-63-35(44)5)74-28-50(70-71-74)39-11-9-36(10-12-39)31-80-57-54(53-34(4)48(62)23-49-47(53)25-65-69-49)45(38-13-14-38)22-46-55(57)67-61(81-30-33(3)79-6)68-58(46)72-26-41-20-42(72)24-64-41/h7-9,11-12,15-19,22-23,25,28,32-33,36,38,41-43,51-52,56,64,75-76H,10,13-14,20-21,24,26-27,29-31H2,1-6H3,(H,65,69)(H,66,77)/t33-,36?,41-,42-,43+,51-,52-,56-/m0/s1. The Balaban J connectivity index is 0.799. The van der Waals surface area contributed by atoms with E-state index in [0.29, 0.717) is 51.6 Å². The molecule has 1 saturated carbocycles. The number of aromatic nitrogens is 8. The van der Waals surface area contributed by atoms with Crippen molar-refractivity contribution >= 4 is 45.0 Å². The quantitative estimate of drug-likeness (QED) is 0.0529. The normalized spacial score (nSPS) is 21.8. The van der Waals surface area contributed by atoms with Crippen LogP contribution in [-0.4, -0.2) is 144 Å². The molecule has 2 amide bonds. The van der Waals surface area contributed by atoms with Crippen LogP contribution in [0.3, 0.4) is 0 Å². The van der Waals surface area contributed by atoms with Crippen LogP contribution in [0.15, 0.2) is 85.3 Å². The van der Waals surface area contributed by atoms with Gasteiger partial charge in [0.05, 0.1) is 49.4 Å². The molecule has 3 saturated heterocycles. The molecule has 3 aromatic carbocycles. The van der Waals surface area contributed by atoms with Crippen LogP contribution in [0.5, 0.6) is 11.8 Å². The molecule has 8 atom stereocenters. The van der Waals surface area contributed by atoms with E-state index in [4.69, 9.17) is 24.2 Å². The minimum atomic E-state index is -0.978. The van der Waals surface area contributed by atoms with Gasteiger partial charge >= 0.3 is 6.01 Å². The molecule has 3 aliphatic heterocycles. The zero-order valence-corrected chi connectivity index (χ0v) is 46.5. The number of methoxy groups -OCH3 is 1. The lowest BCUT2D eigenvalue weighted by Gasteiger charge is -2.30. The van der Waals surface area contributed by atoms with Crippen molar-refractivity contribution in [3.05, 3.63) is 119 Å². The number of carbonyl (C=O) groups is 2. The van der Waals surface area contributed by atoms with Crippen LogP contribution in [0, 0.1) is 31.5 Å². The maximum atomic E-state index is 16.1. The summed E-state index contributed by atoms with van der Waals surface area (Å²) in [5, 5.41) is 46.0. The molecule has 81 heavy (non-hydrogen) atoms. The van der Waals surface area contributed by atoms with Crippen LogP contribution in [0.1, 0.15) is 99.0 Å². The molecule has 19 nitrogen and oxygen atoms in total. The fourth-order valence-electron chi connectivity index (χ4n) is 12.3. The molecule has 5 aliphatic rings. The average molecular weight is 1100 g/mol. The molecule has 5 N–H and O–H groups in total. The van der Waals surface area contributed by atoms with Gasteiger partial charge in [-0.1, -0.05) is 67.6 Å². The molecule has 0 spiro atoms. The number of anilines is 1. The summed E-state index contributed by atoms with van der Waals surface area (Å²) in [6, 6.07) is 13.4. The number of likely N-dealkylation sites (tertiary alicyclic amines) is 1. The summed E-state index contributed by atoms with van der Waals surface area (Å²) in [4.78, 5) is 47.1. The number of aliphatic hydroxyl groups excluding tert-OH is 2. The molecule has 2 aliphatic carbocycles. The minimum absolute atomic E-state index is 0.0343. The van der Waals surface area contributed by atoms with Crippen molar-refractivity contribution in [2.24, 2.45) is 11.8 Å². The van der Waals surface area contributed by atoms with Crippen LogP contribution in [0.2, 0.25) is 0 Å². The highest BCUT2D eigenvalue weighted by molar-refractivity contribution is 6.06. The predicted molar refractivity (Wildman–Crippen MR) is 304 cm³/mol. The molecular weight excluding hydrogens is 1030 g/mol. The van der Waals surface area contributed by atoms with Crippen LogP contribution in [0.25, 0.3) is 49.6 Å². The van der Waals surface area contributed by atoms with E-state index in [0.717, 1.165) is 82.5 Å². The Labute approximate surface area is 469 Å². The number of aliphatic hydroxyl groups is 2. The zero-order chi connectivity index (χ0) is 56.2. The third-order valence-corrected chi connectivity index (χ3v) is 16.9. The Morgan fingerprint density at radius 2 is 1.83 bits per heavy atom. The number of ether oxygens (including phenoxy) is 3. The van der Waals surface area contributed by atoms with Crippen molar-refractivity contribution in [3.63, 3.8) is 0 Å². The summed E-state index contributed by atoms with van der Waals surface area (Å²) in [5.41, 5.74) is 9.13. The first-order valence-corrected chi connectivity index (χ1v) is 28.3. The lowest BCUT2D eigenvalue weighted by molar-refractivity contribution is -0.142. The van der Waals surface area contributed by atoms with Crippen molar-refractivity contribution < 1.29 is 38.4 Å². The zero-order valence-electron chi connectivity index (χ0n) is 46.5. The number of H-pyrrole nitrogens is 1. The lowest BCUT2D eigenvalue weighted by Crippen LogP contribution is -2.50. The third kappa shape index (κ3) is 10.5. The van der Waals surface area contributed by atoms with Gasteiger partial charge in [0.2, 0.25) is 11.8 Å². The molecule has 0 radical (unpaired) electrons. The van der Waals surface area contributed by atoms with Crippen LogP contribution >= 0.6 is 0 Å². The number of halogens is 1. The summed E-state index contributed by atoms with van der Waals surface area (Å²) in [7, 11) is 1.64. The van der Waals surface area contributed by atoms with Crippen molar-refractivity contribution in [3.8, 4) is 34.0 Å². The average Bonchev–Trinajstić information content (AvgIpc) is 4.07. The Kier molecular flexibility index (Phi) is 14.9. The van der Waals surface area contributed by atoms with Gasteiger partial charge in [0.25, 0.3) is 0 Å². The third-order valence-electron chi connectivity index (χ3n) is 16.9. The number of aryl methyl sites for hydroxylation is 1. The van der Waals surface area contributed by atoms with Gasteiger partial charge in [-0.05, 0) is 104 Å². The Hall–Kier alpha value is -7.65. The van der Waals surface area contributed by atoms with E-state index >= 15 is 4.39 Å². The van der Waals surface area contributed by atoms with E-state index in [1.807, 2.05) is 77.1 Å². The van der Waals surface area contributed by atoms with Gasteiger partial charge in [0, 0.05) is 90.5 Å². The summed E-state index contributed by atoms with van der Waals surface area (Å²) in [5.74, 6) is 0.00912. The van der Waals surface area contributed by atoms with Crippen LogP contribution in [-0.2, 0) is 14.3 Å². The first-order valence-electron chi connectivity index (χ1n) is 28.3. The number of rotatable bonds is 19. The van der Waals surface area contributed by atoms with Crippen LogP contribution < -0.4 is 25.0 Å². The number of pyridine rings is 1. The number of hydrogen-bond acceptors (Lipinski definition) is 15. The maximum Gasteiger partial charge on any atom is 0.319 e. The highest BCUT2D eigenvalue weighted by Crippen LogP contribution is 2.53. The van der Waals surface area contributed by atoms with E-state index in [1.165, 1.54) is 11.0 Å². The number of fused-ring (bicyclic) bond motifs is 4. The van der Waals surface area contributed by atoms with E-state index in [1.54, 1.807) is 30.4 Å². The molecule has 422 valence electrons. The number of β-amino-alcohol motifs (C(OH)–C–C–N with tert-alkyl or cyclic N) is 1. The Bertz CT molecular complexity index is 3580. The number of piperazine rings is 1. The second kappa shape index (κ2) is 22.4. The first kappa shape index (κ1) is 54.0.